The van der Waals surface area contributed by atoms with Gasteiger partial charge in [0, 0.05) is 24.2 Å². The third kappa shape index (κ3) is 6.16. The molecule has 0 radical (unpaired) electrons. The van der Waals surface area contributed by atoms with Gasteiger partial charge in [-0.25, -0.2) is 0 Å². The van der Waals surface area contributed by atoms with Gasteiger partial charge in [0.25, 0.3) is 0 Å². The number of benzene rings is 1. The number of ether oxygens (including phenoxy) is 1. The molecular formula is C20H32N2O2. The van der Waals surface area contributed by atoms with E-state index in [4.69, 9.17) is 4.74 Å². The van der Waals surface area contributed by atoms with E-state index in [1.807, 2.05) is 45.0 Å². The van der Waals surface area contributed by atoms with Crippen LogP contribution in [-0.4, -0.2) is 37.0 Å². The van der Waals surface area contributed by atoms with Gasteiger partial charge in [0.2, 0.25) is 5.91 Å². The number of hydrogen-bond donors (Lipinski definition) is 1. The molecule has 1 fully saturated rings. The number of carbonyl (C=O) groups excluding carboxylic acids is 1. The van der Waals surface area contributed by atoms with E-state index in [0.717, 1.165) is 36.9 Å². The molecule has 0 bridgehead atoms. The molecule has 0 aliphatic carbocycles. The van der Waals surface area contributed by atoms with Crippen molar-refractivity contribution < 1.29 is 9.53 Å². The number of rotatable bonds is 6. The van der Waals surface area contributed by atoms with E-state index in [0.29, 0.717) is 0 Å². The monoisotopic (exact) mass is 332 g/mol. The zero-order valence-corrected chi connectivity index (χ0v) is 15.6. The van der Waals surface area contributed by atoms with Crippen molar-refractivity contribution in [1.29, 1.82) is 0 Å². The zero-order valence-electron chi connectivity index (χ0n) is 15.6. The number of piperidine rings is 1. The third-order valence-corrected chi connectivity index (χ3v) is 4.42. The lowest BCUT2D eigenvalue weighted by Crippen LogP contribution is -2.35. The van der Waals surface area contributed by atoms with Crippen LogP contribution in [0.25, 0.3) is 0 Å². The Morgan fingerprint density at radius 3 is 2.62 bits per heavy atom. The fourth-order valence-corrected chi connectivity index (χ4v) is 2.92. The van der Waals surface area contributed by atoms with Gasteiger partial charge in [0.05, 0.1) is 6.61 Å². The van der Waals surface area contributed by atoms with Crippen molar-refractivity contribution in [1.82, 2.24) is 4.90 Å². The molecule has 1 aliphatic rings. The predicted molar refractivity (Wildman–Crippen MR) is 99.5 cm³/mol. The summed E-state index contributed by atoms with van der Waals surface area (Å²) < 4.78 is 5.81. The SMILES string of the molecule is CC1CCCN(CCCOc2ccc(NC(=O)C(C)(C)C)cc2)C1. The summed E-state index contributed by atoms with van der Waals surface area (Å²) in [5.74, 6) is 1.71. The Kier molecular flexibility index (Phi) is 6.67. The quantitative estimate of drug-likeness (QED) is 0.795. The van der Waals surface area contributed by atoms with Crippen LogP contribution in [0, 0.1) is 11.3 Å². The molecule has 1 heterocycles. The predicted octanol–water partition coefficient (Wildman–Crippen LogP) is 4.17. The highest BCUT2D eigenvalue weighted by atomic mass is 16.5. The summed E-state index contributed by atoms with van der Waals surface area (Å²) in [6.45, 7) is 12.4. The van der Waals surface area contributed by atoms with Crippen LogP contribution in [0.15, 0.2) is 24.3 Å². The second-order valence-corrected chi connectivity index (χ2v) is 7.98. The first-order valence-corrected chi connectivity index (χ1v) is 9.11. The average molecular weight is 332 g/mol. The van der Waals surface area contributed by atoms with Crippen molar-refractivity contribution >= 4 is 11.6 Å². The number of carbonyl (C=O) groups is 1. The van der Waals surface area contributed by atoms with E-state index in [1.165, 1.54) is 25.9 Å². The van der Waals surface area contributed by atoms with Crippen LogP contribution < -0.4 is 10.1 Å². The highest BCUT2D eigenvalue weighted by molar-refractivity contribution is 5.94. The van der Waals surface area contributed by atoms with E-state index < -0.39 is 0 Å². The first-order valence-electron chi connectivity index (χ1n) is 9.11. The van der Waals surface area contributed by atoms with Crippen molar-refractivity contribution in [2.24, 2.45) is 11.3 Å². The number of anilines is 1. The molecule has 1 aliphatic heterocycles. The molecule has 1 aromatic rings. The summed E-state index contributed by atoms with van der Waals surface area (Å²) in [4.78, 5) is 14.5. The first-order chi connectivity index (χ1) is 11.3. The molecule has 4 heteroatoms. The average Bonchev–Trinajstić information content (AvgIpc) is 2.52. The Labute approximate surface area is 146 Å². The van der Waals surface area contributed by atoms with Crippen LogP contribution in [-0.2, 0) is 4.79 Å². The molecule has 1 aromatic carbocycles. The minimum atomic E-state index is -0.388. The highest BCUT2D eigenvalue weighted by Gasteiger charge is 2.21. The summed E-state index contributed by atoms with van der Waals surface area (Å²) in [7, 11) is 0. The summed E-state index contributed by atoms with van der Waals surface area (Å²) in [6.07, 6.45) is 3.74. The lowest BCUT2D eigenvalue weighted by atomic mass is 9.95. The van der Waals surface area contributed by atoms with Crippen LogP contribution in [0.2, 0.25) is 0 Å². The van der Waals surface area contributed by atoms with Crippen molar-refractivity contribution in [3.63, 3.8) is 0 Å². The number of nitrogens with zero attached hydrogens (tertiary/aromatic N) is 1. The lowest BCUT2D eigenvalue weighted by Gasteiger charge is -2.30. The molecule has 1 amide bonds. The number of amides is 1. The van der Waals surface area contributed by atoms with E-state index in [-0.39, 0.29) is 11.3 Å². The van der Waals surface area contributed by atoms with E-state index in [9.17, 15) is 4.79 Å². The zero-order chi connectivity index (χ0) is 17.6. The second kappa shape index (κ2) is 8.52. The third-order valence-electron chi connectivity index (χ3n) is 4.42. The van der Waals surface area contributed by atoms with Gasteiger partial charge in [-0.1, -0.05) is 27.7 Å². The Morgan fingerprint density at radius 1 is 1.29 bits per heavy atom. The van der Waals surface area contributed by atoms with Crippen LogP contribution in [0.1, 0.15) is 47.0 Å². The first kappa shape index (κ1) is 18.8. The van der Waals surface area contributed by atoms with Gasteiger partial charge in [-0.05, 0) is 56.0 Å². The van der Waals surface area contributed by atoms with Gasteiger partial charge in [-0.2, -0.15) is 0 Å². The maximum Gasteiger partial charge on any atom is 0.229 e. The molecule has 0 aromatic heterocycles. The molecular weight excluding hydrogens is 300 g/mol. The fraction of sp³-hybridized carbons (Fsp3) is 0.650. The second-order valence-electron chi connectivity index (χ2n) is 7.98. The summed E-state index contributed by atoms with van der Waals surface area (Å²) in [6, 6.07) is 7.62. The number of hydrogen-bond acceptors (Lipinski definition) is 3. The van der Waals surface area contributed by atoms with Crippen molar-refractivity contribution in [3.8, 4) is 5.75 Å². The fourth-order valence-electron chi connectivity index (χ4n) is 2.92. The maximum atomic E-state index is 12.0. The van der Waals surface area contributed by atoms with Crippen molar-refractivity contribution in [3.05, 3.63) is 24.3 Å². The normalized spacial score (nSPS) is 19.1. The Balaban J connectivity index is 1.69. The minimum absolute atomic E-state index is 0.0203. The molecule has 1 N–H and O–H groups in total. The van der Waals surface area contributed by atoms with Gasteiger partial charge >= 0.3 is 0 Å². The van der Waals surface area contributed by atoms with Crippen molar-refractivity contribution in [2.45, 2.75) is 47.0 Å². The van der Waals surface area contributed by atoms with E-state index in [1.54, 1.807) is 0 Å². The smallest absolute Gasteiger partial charge is 0.229 e. The molecule has 2 rings (SSSR count). The molecule has 4 nitrogen and oxygen atoms in total. The van der Waals surface area contributed by atoms with E-state index >= 15 is 0 Å². The maximum absolute atomic E-state index is 12.0. The van der Waals surface area contributed by atoms with Crippen LogP contribution in [0.4, 0.5) is 5.69 Å². The summed E-state index contributed by atoms with van der Waals surface area (Å²) in [5.41, 5.74) is 0.422. The molecule has 1 unspecified atom stereocenters. The topological polar surface area (TPSA) is 41.6 Å². The number of likely N-dealkylation sites (tertiary alicyclic amines) is 1. The molecule has 0 saturated carbocycles. The molecule has 0 spiro atoms. The molecule has 1 atom stereocenters. The van der Waals surface area contributed by atoms with Crippen LogP contribution in [0.3, 0.4) is 0 Å². The van der Waals surface area contributed by atoms with Gasteiger partial charge < -0.3 is 15.0 Å². The van der Waals surface area contributed by atoms with Gasteiger partial charge in [0.15, 0.2) is 0 Å². The Bertz CT molecular complexity index is 519. The Hall–Kier alpha value is -1.55. The summed E-state index contributed by atoms with van der Waals surface area (Å²) >= 11 is 0. The summed E-state index contributed by atoms with van der Waals surface area (Å²) in [5, 5.41) is 2.92. The van der Waals surface area contributed by atoms with Crippen molar-refractivity contribution in [2.75, 3.05) is 31.6 Å². The molecule has 24 heavy (non-hydrogen) atoms. The lowest BCUT2D eigenvalue weighted by molar-refractivity contribution is -0.123. The molecule has 134 valence electrons. The standard InChI is InChI=1S/C20H32N2O2/c1-16-7-5-12-22(15-16)13-6-14-24-18-10-8-17(9-11-18)21-19(23)20(2,3)4/h8-11,16H,5-7,12-15H2,1-4H3,(H,21,23). The van der Waals surface area contributed by atoms with Gasteiger partial charge in [-0.3, -0.25) is 4.79 Å². The minimum Gasteiger partial charge on any atom is -0.494 e. The largest absolute Gasteiger partial charge is 0.494 e. The highest BCUT2D eigenvalue weighted by Crippen LogP contribution is 2.20. The van der Waals surface area contributed by atoms with Gasteiger partial charge in [-0.15, -0.1) is 0 Å². The van der Waals surface area contributed by atoms with Crippen LogP contribution in [0.5, 0.6) is 5.75 Å². The Morgan fingerprint density at radius 2 is 2.00 bits per heavy atom. The van der Waals surface area contributed by atoms with Gasteiger partial charge in [0.1, 0.15) is 5.75 Å². The number of nitrogens with one attached hydrogen (secondary N) is 1. The van der Waals surface area contributed by atoms with E-state index in [2.05, 4.69) is 17.1 Å². The van der Waals surface area contributed by atoms with Crippen LogP contribution >= 0.6 is 0 Å². The molecule has 1 saturated heterocycles.